The minimum atomic E-state index is 0.633. The number of nitrogens with one attached hydrogen (secondary N) is 2. The lowest BCUT2D eigenvalue weighted by atomic mass is 10.2. The third-order valence-corrected chi connectivity index (χ3v) is 5.10. The predicted octanol–water partition coefficient (Wildman–Crippen LogP) is 3.28. The monoisotopic (exact) mass is 373 g/mol. The van der Waals surface area contributed by atoms with Crippen LogP contribution in [-0.2, 0) is 19.5 Å². The van der Waals surface area contributed by atoms with Crippen molar-refractivity contribution in [2.45, 2.75) is 39.8 Å². The van der Waals surface area contributed by atoms with Crippen molar-refractivity contribution in [2.24, 2.45) is 4.99 Å². The van der Waals surface area contributed by atoms with Crippen molar-refractivity contribution in [3.8, 4) is 0 Å². The van der Waals surface area contributed by atoms with Crippen LogP contribution >= 0.6 is 11.3 Å². The predicted molar refractivity (Wildman–Crippen MR) is 112 cm³/mol. The molecule has 0 aliphatic rings. The molecule has 0 saturated carbocycles. The van der Waals surface area contributed by atoms with Crippen LogP contribution in [0.15, 0.2) is 41.5 Å². The molecule has 0 aliphatic heterocycles. The molecule has 2 aromatic rings. The normalized spacial score (nSPS) is 11.8. The Morgan fingerprint density at radius 1 is 1.19 bits per heavy atom. The average molecular weight is 374 g/mol. The highest BCUT2D eigenvalue weighted by Crippen LogP contribution is 2.13. The van der Waals surface area contributed by atoms with E-state index >= 15 is 0 Å². The first kappa shape index (κ1) is 20.4. The van der Waals surface area contributed by atoms with Crippen LogP contribution in [0.2, 0.25) is 0 Å². The van der Waals surface area contributed by atoms with E-state index in [0.29, 0.717) is 6.54 Å². The summed E-state index contributed by atoms with van der Waals surface area (Å²) >= 11 is 1.75. The minimum Gasteiger partial charge on any atom is -0.357 e. The van der Waals surface area contributed by atoms with Gasteiger partial charge >= 0.3 is 0 Å². The number of thiazole rings is 1. The van der Waals surface area contributed by atoms with Crippen LogP contribution in [-0.4, -0.2) is 42.5 Å². The van der Waals surface area contributed by atoms with E-state index < -0.39 is 0 Å². The zero-order valence-electron chi connectivity index (χ0n) is 16.2. The first-order valence-electron chi connectivity index (χ1n) is 9.39. The summed E-state index contributed by atoms with van der Waals surface area (Å²) in [6.07, 6.45) is 4.07. The average Bonchev–Trinajstić information content (AvgIpc) is 3.12. The Morgan fingerprint density at radius 2 is 2.00 bits per heavy atom. The number of rotatable bonds is 10. The van der Waals surface area contributed by atoms with Gasteiger partial charge in [-0.05, 0) is 38.9 Å². The molecule has 0 bridgehead atoms. The Labute approximate surface area is 161 Å². The van der Waals surface area contributed by atoms with Crippen molar-refractivity contribution < 1.29 is 0 Å². The summed E-state index contributed by atoms with van der Waals surface area (Å²) in [6.45, 7) is 8.67. The van der Waals surface area contributed by atoms with Crippen molar-refractivity contribution in [3.63, 3.8) is 0 Å². The van der Waals surface area contributed by atoms with E-state index in [2.05, 4.69) is 76.7 Å². The quantitative estimate of drug-likeness (QED) is 0.381. The number of aliphatic imine (C=N–C) groups is 1. The molecule has 0 radical (unpaired) electrons. The van der Waals surface area contributed by atoms with E-state index in [1.54, 1.807) is 11.3 Å². The Balaban J connectivity index is 1.71. The largest absolute Gasteiger partial charge is 0.357 e. The van der Waals surface area contributed by atoms with E-state index in [9.17, 15) is 0 Å². The Hall–Kier alpha value is -1.92. The van der Waals surface area contributed by atoms with E-state index in [4.69, 9.17) is 0 Å². The number of aryl methyl sites for hydroxylation is 1. The molecule has 0 fully saturated rings. The van der Waals surface area contributed by atoms with Crippen LogP contribution in [0.4, 0.5) is 0 Å². The maximum atomic E-state index is 4.64. The molecule has 0 aliphatic carbocycles. The van der Waals surface area contributed by atoms with Gasteiger partial charge in [0.25, 0.3) is 0 Å². The number of hydrogen-bond acceptors (Lipinski definition) is 4. The first-order valence-corrected chi connectivity index (χ1v) is 10.2. The smallest absolute Gasteiger partial charge is 0.191 e. The van der Waals surface area contributed by atoms with Gasteiger partial charge in [-0.3, -0.25) is 0 Å². The van der Waals surface area contributed by atoms with Gasteiger partial charge in [-0.15, -0.1) is 11.3 Å². The van der Waals surface area contributed by atoms with Crippen LogP contribution in [0.25, 0.3) is 0 Å². The summed E-state index contributed by atoms with van der Waals surface area (Å²) < 4.78 is 0. The molecule has 0 amide bonds. The zero-order chi connectivity index (χ0) is 18.6. The van der Waals surface area contributed by atoms with Crippen molar-refractivity contribution in [1.82, 2.24) is 20.5 Å². The van der Waals surface area contributed by atoms with Gasteiger partial charge < -0.3 is 15.5 Å². The van der Waals surface area contributed by atoms with E-state index in [-0.39, 0.29) is 0 Å². The molecule has 6 heteroatoms. The van der Waals surface area contributed by atoms with Crippen LogP contribution in [0.1, 0.15) is 35.7 Å². The lowest BCUT2D eigenvalue weighted by Gasteiger charge is -2.17. The Morgan fingerprint density at radius 3 is 2.69 bits per heavy atom. The van der Waals surface area contributed by atoms with Crippen molar-refractivity contribution in [2.75, 3.05) is 26.7 Å². The van der Waals surface area contributed by atoms with Crippen molar-refractivity contribution in [1.29, 1.82) is 0 Å². The van der Waals surface area contributed by atoms with E-state index in [1.807, 2.05) is 6.20 Å². The lowest BCUT2D eigenvalue weighted by Crippen LogP contribution is -2.38. The summed E-state index contributed by atoms with van der Waals surface area (Å²) in [4.78, 5) is 12.7. The zero-order valence-corrected chi connectivity index (χ0v) is 17.0. The SMILES string of the molecule is CCNC(=NCc1ncc(CC)s1)NCCCN(C)Cc1ccccc1. The molecule has 2 N–H and O–H groups in total. The van der Waals surface area contributed by atoms with Gasteiger partial charge in [0.1, 0.15) is 5.01 Å². The van der Waals surface area contributed by atoms with Gasteiger partial charge in [0.2, 0.25) is 0 Å². The molecule has 0 unspecified atom stereocenters. The molecule has 1 heterocycles. The fraction of sp³-hybridized carbons (Fsp3) is 0.500. The fourth-order valence-electron chi connectivity index (χ4n) is 2.60. The highest BCUT2D eigenvalue weighted by molar-refractivity contribution is 7.11. The number of benzene rings is 1. The molecular formula is C20H31N5S. The van der Waals surface area contributed by atoms with Crippen LogP contribution in [0.5, 0.6) is 0 Å². The molecular weight excluding hydrogens is 342 g/mol. The van der Waals surface area contributed by atoms with Crippen molar-refractivity contribution in [3.05, 3.63) is 52.0 Å². The van der Waals surface area contributed by atoms with Crippen LogP contribution in [0.3, 0.4) is 0 Å². The molecule has 2 rings (SSSR count). The highest BCUT2D eigenvalue weighted by atomic mass is 32.1. The molecule has 142 valence electrons. The van der Waals surface area contributed by atoms with Gasteiger partial charge in [0, 0.05) is 30.7 Å². The van der Waals surface area contributed by atoms with Gasteiger partial charge in [0.05, 0.1) is 6.54 Å². The highest BCUT2D eigenvalue weighted by Gasteiger charge is 2.03. The molecule has 1 aromatic heterocycles. The van der Waals surface area contributed by atoms with Gasteiger partial charge in [-0.2, -0.15) is 0 Å². The standard InChI is InChI=1S/C20H31N5S/c1-4-18-14-23-19(26-18)15-24-20(21-5-2)22-12-9-13-25(3)16-17-10-7-6-8-11-17/h6-8,10-11,14H,4-5,9,12-13,15-16H2,1-3H3,(H2,21,22,24). The summed E-state index contributed by atoms with van der Waals surface area (Å²) in [5.41, 5.74) is 1.35. The number of hydrogen-bond donors (Lipinski definition) is 2. The number of guanidine groups is 1. The maximum Gasteiger partial charge on any atom is 0.191 e. The molecule has 5 nitrogen and oxygen atoms in total. The summed E-state index contributed by atoms with van der Waals surface area (Å²) in [5.74, 6) is 0.867. The number of aromatic nitrogens is 1. The molecule has 1 aromatic carbocycles. The lowest BCUT2D eigenvalue weighted by molar-refractivity contribution is 0.322. The van der Waals surface area contributed by atoms with Gasteiger partial charge in [-0.25, -0.2) is 9.98 Å². The minimum absolute atomic E-state index is 0.633. The van der Waals surface area contributed by atoms with Crippen LogP contribution in [0, 0.1) is 0 Å². The van der Waals surface area contributed by atoms with E-state index in [1.165, 1.54) is 10.4 Å². The summed E-state index contributed by atoms with van der Waals surface area (Å²) in [5, 5.41) is 7.79. The molecule has 0 spiro atoms. The number of nitrogens with zero attached hydrogens (tertiary/aromatic N) is 3. The Bertz CT molecular complexity index is 653. The van der Waals surface area contributed by atoms with Crippen LogP contribution < -0.4 is 10.6 Å². The van der Waals surface area contributed by atoms with Gasteiger partial charge in [0.15, 0.2) is 5.96 Å². The molecule has 0 saturated heterocycles. The second-order valence-corrected chi connectivity index (χ2v) is 7.47. The maximum absolute atomic E-state index is 4.64. The fourth-order valence-corrected chi connectivity index (χ4v) is 3.39. The first-order chi connectivity index (χ1) is 12.7. The second-order valence-electron chi connectivity index (χ2n) is 6.27. The third-order valence-electron chi connectivity index (χ3n) is 3.97. The summed E-state index contributed by atoms with van der Waals surface area (Å²) in [6, 6.07) is 10.6. The summed E-state index contributed by atoms with van der Waals surface area (Å²) in [7, 11) is 2.17. The van der Waals surface area contributed by atoms with Gasteiger partial charge in [-0.1, -0.05) is 37.3 Å². The second kappa shape index (κ2) is 11.6. The Kier molecular flexibility index (Phi) is 9.14. The van der Waals surface area contributed by atoms with E-state index in [0.717, 1.165) is 50.0 Å². The molecule has 0 atom stereocenters. The topological polar surface area (TPSA) is 52.6 Å². The van der Waals surface area contributed by atoms with Crippen molar-refractivity contribution >= 4 is 17.3 Å². The molecule has 26 heavy (non-hydrogen) atoms. The third kappa shape index (κ3) is 7.54.